The number of aromatic nitrogens is 2. The molecule has 0 bridgehead atoms. The van der Waals surface area contributed by atoms with Crippen molar-refractivity contribution in [2.75, 3.05) is 13.7 Å². The van der Waals surface area contributed by atoms with E-state index in [0.717, 1.165) is 32.2 Å². The van der Waals surface area contributed by atoms with Crippen molar-refractivity contribution in [1.82, 2.24) is 15.5 Å². The molecule has 1 aliphatic carbocycles. The van der Waals surface area contributed by atoms with Crippen LogP contribution in [0.15, 0.2) is 17.2 Å². The van der Waals surface area contributed by atoms with Crippen LogP contribution in [-0.2, 0) is 16.9 Å². The molecule has 0 aromatic carbocycles. The van der Waals surface area contributed by atoms with Gasteiger partial charge in [-0.3, -0.25) is 0 Å². The molecule has 1 aliphatic rings. The molecule has 1 heterocycles. The Labute approximate surface area is 101 Å². The summed E-state index contributed by atoms with van der Waals surface area (Å²) in [6.45, 7) is 4.93. The fourth-order valence-corrected chi connectivity index (χ4v) is 2.26. The van der Waals surface area contributed by atoms with Crippen LogP contribution in [0.25, 0.3) is 0 Å². The van der Waals surface area contributed by atoms with Crippen LogP contribution in [0, 0.1) is 0 Å². The number of rotatable bonds is 6. The van der Waals surface area contributed by atoms with Crippen LogP contribution >= 0.6 is 0 Å². The summed E-state index contributed by atoms with van der Waals surface area (Å²) < 4.78 is 10.8. The van der Waals surface area contributed by atoms with Crippen LogP contribution in [0.5, 0.6) is 0 Å². The highest BCUT2D eigenvalue weighted by Crippen LogP contribution is 2.39. The van der Waals surface area contributed by atoms with Gasteiger partial charge in [0.1, 0.15) is 5.60 Å². The first-order valence-corrected chi connectivity index (χ1v) is 6.00. The van der Waals surface area contributed by atoms with Gasteiger partial charge in [-0.05, 0) is 25.7 Å². The summed E-state index contributed by atoms with van der Waals surface area (Å²) in [5.74, 6) is 1.29. The van der Waals surface area contributed by atoms with Gasteiger partial charge in [0.2, 0.25) is 11.7 Å². The van der Waals surface area contributed by atoms with Crippen molar-refractivity contribution in [2.45, 2.75) is 37.8 Å². The topological polar surface area (TPSA) is 60.2 Å². The lowest BCUT2D eigenvalue weighted by Gasteiger charge is -2.22. The number of hydrogen-bond donors (Lipinski definition) is 1. The Morgan fingerprint density at radius 3 is 2.94 bits per heavy atom. The normalized spacial score (nSPS) is 18.4. The third-order valence-electron chi connectivity index (χ3n) is 3.24. The average Bonchev–Trinajstić information content (AvgIpc) is 2.98. The van der Waals surface area contributed by atoms with E-state index in [1.165, 1.54) is 0 Å². The molecule has 1 saturated carbocycles. The maximum absolute atomic E-state index is 5.60. The van der Waals surface area contributed by atoms with Gasteiger partial charge in [0.05, 0.1) is 6.54 Å². The van der Waals surface area contributed by atoms with E-state index in [1.807, 2.05) is 0 Å². The molecular formula is C12H19N3O2. The van der Waals surface area contributed by atoms with Crippen molar-refractivity contribution in [3.63, 3.8) is 0 Å². The summed E-state index contributed by atoms with van der Waals surface area (Å²) in [4.78, 5) is 4.41. The van der Waals surface area contributed by atoms with Crippen molar-refractivity contribution < 1.29 is 9.26 Å². The Hall–Kier alpha value is -1.20. The predicted molar refractivity (Wildman–Crippen MR) is 63.4 cm³/mol. The Balaban J connectivity index is 2.03. The Morgan fingerprint density at radius 1 is 1.53 bits per heavy atom. The van der Waals surface area contributed by atoms with Crippen molar-refractivity contribution in [1.29, 1.82) is 0 Å². The fourth-order valence-electron chi connectivity index (χ4n) is 2.26. The molecule has 0 atom stereocenters. The third kappa shape index (κ3) is 2.56. The fraction of sp³-hybridized carbons (Fsp3) is 0.667. The zero-order valence-corrected chi connectivity index (χ0v) is 10.2. The Kier molecular flexibility index (Phi) is 3.91. The third-order valence-corrected chi connectivity index (χ3v) is 3.24. The largest absolute Gasteiger partial charge is 0.370 e. The first-order chi connectivity index (χ1) is 8.30. The molecule has 17 heavy (non-hydrogen) atoms. The first-order valence-electron chi connectivity index (χ1n) is 6.00. The van der Waals surface area contributed by atoms with E-state index in [9.17, 15) is 0 Å². The minimum Gasteiger partial charge on any atom is -0.370 e. The molecule has 94 valence electrons. The minimum atomic E-state index is -0.319. The van der Waals surface area contributed by atoms with Crippen molar-refractivity contribution in [3.8, 4) is 0 Å². The van der Waals surface area contributed by atoms with Gasteiger partial charge in [-0.15, -0.1) is 6.58 Å². The van der Waals surface area contributed by atoms with Crippen LogP contribution in [0.1, 0.15) is 37.4 Å². The molecule has 1 aromatic rings. The summed E-state index contributed by atoms with van der Waals surface area (Å²) in [5.41, 5.74) is -0.319. The van der Waals surface area contributed by atoms with E-state index < -0.39 is 0 Å². The van der Waals surface area contributed by atoms with Crippen LogP contribution in [0.4, 0.5) is 0 Å². The predicted octanol–water partition coefficient (Wildman–Crippen LogP) is 1.76. The summed E-state index contributed by atoms with van der Waals surface area (Å²) in [6.07, 6.45) is 6.06. The smallest absolute Gasteiger partial charge is 0.240 e. The van der Waals surface area contributed by atoms with Crippen LogP contribution < -0.4 is 5.32 Å². The minimum absolute atomic E-state index is 0.319. The van der Waals surface area contributed by atoms with Crippen LogP contribution in [0.2, 0.25) is 0 Å². The second-order valence-electron chi connectivity index (χ2n) is 4.34. The van der Waals surface area contributed by atoms with Gasteiger partial charge >= 0.3 is 0 Å². The Bertz CT molecular complexity index is 370. The maximum atomic E-state index is 5.60. The molecule has 1 aromatic heterocycles. The monoisotopic (exact) mass is 237 g/mol. The zero-order chi connectivity index (χ0) is 12.1. The molecule has 0 amide bonds. The van der Waals surface area contributed by atoms with E-state index in [4.69, 9.17) is 9.26 Å². The summed E-state index contributed by atoms with van der Waals surface area (Å²) in [6, 6.07) is 0. The summed E-state index contributed by atoms with van der Waals surface area (Å²) in [5, 5.41) is 7.17. The van der Waals surface area contributed by atoms with E-state index in [2.05, 4.69) is 22.0 Å². The standard InChI is InChI=1S/C12H19N3O2/c1-3-8-13-9-10-14-11(15-17-10)12(16-2)6-4-5-7-12/h3,13H,1,4-9H2,2H3. The molecule has 0 unspecified atom stereocenters. The zero-order valence-electron chi connectivity index (χ0n) is 10.2. The molecular weight excluding hydrogens is 218 g/mol. The van der Waals surface area contributed by atoms with Gasteiger partial charge < -0.3 is 14.6 Å². The van der Waals surface area contributed by atoms with E-state index in [-0.39, 0.29) is 5.60 Å². The molecule has 5 nitrogen and oxygen atoms in total. The maximum Gasteiger partial charge on any atom is 0.240 e. The van der Waals surface area contributed by atoms with Crippen LogP contribution in [-0.4, -0.2) is 23.8 Å². The molecule has 0 saturated heterocycles. The van der Waals surface area contributed by atoms with Gasteiger partial charge in [0, 0.05) is 13.7 Å². The molecule has 5 heteroatoms. The summed E-state index contributed by atoms with van der Waals surface area (Å²) in [7, 11) is 1.72. The van der Waals surface area contributed by atoms with Crippen molar-refractivity contribution >= 4 is 0 Å². The lowest BCUT2D eigenvalue weighted by atomic mass is 10.0. The van der Waals surface area contributed by atoms with E-state index in [1.54, 1.807) is 13.2 Å². The highest BCUT2D eigenvalue weighted by Gasteiger charge is 2.40. The Morgan fingerprint density at radius 2 is 2.29 bits per heavy atom. The molecule has 0 aliphatic heterocycles. The molecule has 0 radical (unpaired) electrons. The van der Waals surface area contributed by atoms with Gasteiger partial charge in [0.25, 0.3) is 0 Å². The lowest BCUT2D eigenvalue weighted by Crippen LogP contribution is -2.26. The average molecular weight is 237 g/mol. The van der Waals surface area contributed by atoms with E-state index in [0.29, 0.717) is 18.3 Å². The number of nitrogens with zero attached hydrogens (tertiary/aromatic N) is 2. The quantitative estimate of drug-likeness (QED) is 0.603. The van der Waals surface area contributed by atoms with Gasteiger partial charge in [-0.1, -0.05) is 11.2 Å². The second kappa shape index (κ2) is 5.42. The number of nitrogens with one attached hydrogen (secondary N) is 1. The van der Waals surface area contributed by atoms with Gasteiger partial charge in [-0.2, -0.15) is 4.98 Å². The SMILES string of the molecule is C=CCNCc1nc(C2(OC)CCCC2)no1. The van der Waals surface area contributed by atoms with Crippen LogP contribution in [0.3, 0.4) is 0 Å². The highest BCUT2D eigenvalue weighted by molar-refractivity contribution is 5.04. The molecule has 0 spiro atoms. The number of hydrogen-bond acceptors (Lipinski definition) is 5. The summed E-state index contributed by atoms with van der Waals surface area (Å²) >= 11 is 0. The highest BCUT2D eigenvalue weighted by atomic mass is 16.5. The van der Waals surface area contributed by atoms with Gasteiger partial charge in [-0.25, -0.2) is 0 Å². The molecule has 1 N–H and O–H groups in total. The molecule has 2 rings (SSSR count). The van der Waals surface area contributed by atoms with Crippen molar-refractivity contribution in [3.05, 3.63) is 24.4 Å². The van der Waals surface area contributed by atoms with Gasteiger partial charge in [0.15, 0.2) is 0 Å². The number of ether oxygens (including phenoxy) is 1. The second-order valence-corrected chi connectivity index (χ2v) is 4.34. The first kappa shape index (κ1) is 12.3. The lowest BCUT2D eigenvalue weighted by molar-refractivity contribution is -0.0178. The van der Waals surface area contributed by atoms with Crippen molar-refractivity contribution in [2.24, 2.45) is 0 Å². The van der Waals surface area contributed by atoms with E-state index >= 15 is 0 Å². The molecule has 1 fully saturated rings. The number of methoxy groups -OCH3 is 1.